The van der Waals surface area contributed by atoms with E-state index in [0.717, 1.165) is 18.7 Å². The van der Waals surface area contributed by atoms with Gasteiger partial charge in [0, 0.05) is 44.5 Å². The predicted octanol–water partition coefficient (Wildman–Crippen LogP) is 1.77. The van der Waals surface area contributed by atoms with Crippen LogP contribution < -0.4 is 16.0 Å². The summed E-state index contributed by atoms with van der Waals surface area (Å²) >= 11 is 0. The van der Waals surface area contributed by atoms with E-state index in [1.165, 1.54) is 6.92 Å². The second-order valence-electron chi connectivity index (χ2n) is 7.04. The van der Waals surface area contributed by atoms with Crippen molar-refractivity contribution in [2.24, 2.45) is 0 Å². The quantitative estimate of drug-likeness (QED) is 0.631. The Morgan fingerprint density at radius 1 is 0.967 bits per heavy atom. The van der Waals surface area contributed by atoms with Crippen LogP contribution in [0.5, 0.6) is 0 Å². The molecular formula is C22H26N4O4. The lowest BCUT2D eigenvalue weighted by Gasteiger charge is -2.33. The molecule has 1 unspecified atom stereocenters. The van der Waals surface area contributed by atoms with Gasteiger partial charge in [0.1, 0.15) is 0 Å². The largest absolute Gasteiger partial charge is 0.371 e. The highest BCUT2D eigenvalue weighted by atomic mass is 16.5. The van der Waals surface area contributed by atoms with Crippen molar-refractivity contribution in [2.75, 3.05) is 43.4 Å². The first-order chi connectivity index (χ1) is 14.5. The van der Waals surface area contributed by atoms with Crippen LogP contribution in [0.1, 0.15) is 18.6 Å². The first kappa shape index (κ1) is 21.5. The summed E-state index contributed by atoms with van der Waals surface area (Å²) in [6, 6.07) is 16.6. The fourth-order valence-corrected chi connectivity index (χ4v) is 3.21. The number of ether oxygens (including phenoxy) is 1. The lowest BCUT2D eigenvalue weighted by atomic mass is 10.1. The number of carbonyl (C=O) groups is 3. The van der Waals surface area contributed by atoms with Crippen molar-refractivity contribution >= 4 is 29.1 Å². The molecule has 1 saturated heterocycles. The second kappa shape index (κ2) is 10.5. The molecule has 1 aliphatic rings. The molecule has 1 atom stereocenters. The van der Waals surface area contributed by atoms with Crippen molar-refractivity contribution in [2.45, 2.75) is 13.0 Å². The minimum absolute atomic E-state index is 0.0133. The Hall–Kier alpha value is -3.23. The molecule has 1 aliphatic heterocycles. The second-order valence-corrected chi connectivity index (χ2v) is 7.04. The van der Waals surface area contributed by atoms with Crippen LogP contribution in [-0.4, -0.2) is 55.4 Å². The first-order valence-electron chi connectivity index (χ1n) is 9.87. The van der Waals surface area contributed by atoms with Gasteiger partial charge >= 0.3 is 11.8 Å². The van der Waals surface area contributed by atoms with Crippen LogP contribution in [0.4, 0.5) is 11.4 Å². The highest BCUT2D eigenvalue weighted by Crippen LogP contribution is 2.21. The summed E-state index contributed by atoms with van der Waals surface area (Å²) in [5.74, 6) is -1.60. The number of hydrogen-bond acceptors (Lipinski definition) is 5. The molecule has 0 spiro atoms. The molecule has 0 aliphatic carbocycles. The molecule has 1 heterocycles. The molecule has 30 heavy (non-hydrogen) atoms. The molecule has 3 rings (SSSR count). The van der Waals surface area contributed by atoms with Crippen molar-refractivity contribution in [3.05, 3.63) is 60.2 Å². The summed E-state index contributed by atoms with van der Waals surface area (Å²) < 4.78 is 5.84. The highest BCUT2D eigenvalue weighted by molar-refractivity contribution is 6.39. The minimum Gasteiger partial charge on any atom is -0.371 e. The van der Waals surface area contributed by atoms with E-state index in [4.69, 9.17) is 4.74 Å². The normalized spacial score (nSPS) is 16.5. The van der Waals surface area contributed by atoms with E-state index in [9.17, 15) is 14.4 Å². The SMILES string of the molecule is CC(=O)Nc1ccc(NC(=O)C(=O)NCCN2CCOC(c3ccccc3)C2)cc1. The van der Waals surface area contributed by atoms with Crippen molar-refractivity contribution < 1.29 is 19.1 Å². The Morgan fingerprint density at radius 3 is 2.30 bits per heavy atom. The number of nitrogens with one attached hydrogen (secondary N) is 3. The van der Waals surface area contributed by atoms with Crippen LogP contribution in [0.25, 0.3) is 0 Å². The van der Waals surface area contributed by atoms with Crippen molar-refractivity contribution in [3.63, 3.8) is 0 Å². The zero-order valence-electron chi connectivity index (χ0n) is 16.9. The summed E-state index contributed by atoms with van der Waals surface area (Å²) in [6.45, 7) is 4.58. The topological polar surface area (TPSA) is 99.8 Å². The molecule has 158 valence electrons. The maximum absolute atomic E-state index is 12.1. The molecule has 3 amide bonds. The maximum Gasteiger partial charge on any atom is 0.313 e. The van der Waals surface area contributed by atoms with Crippen LogP contribution in [0.15, 0.2) is 54.6 Å². The van der Waals surface area contributed by atoms with E-state index in [0.29, 0.717) is 31.1 Å². The number of nitrogens with zero attached hydrogens (tertiary/aromatic N) is 1. The average molecular weight is 410 g/mol. The lowest BCUT2D eigenvalue weighted by Crippen LogP contribution is -2.44. The summed E-state index contributed by atoms with van der Waals surface area (Å²) in [4.78, 5) is 37.4. The van der Waals surface area contributed by atoms with E-state index in [-0.39, 0.29) is 12.0 Å². The Morgan fingerprint density at radius 2 is 1.63 bits per heavy atom. The number of morpholine rings is 1. The standard InChI is InChI=1S/C22H26N4O4/c1-16(27)24-18-7-9-19(10-8-18)25-22(29)21(28)23-11-12-26-13-14-30-20(15-26)17-5-3-2-4-6-17/h2-10,20H,11-15H2,1H3,(H,23,28)(H,24,27)(H,25,29). The lowest BCUT2D eigenvalue weighted by molar-refractivity contribution is -0.136. The molecule has 8 heteroatoms. The first-order valence-corrected chi connectivity index (χ1v) is 9.87. The summed E-state index contributed by atoms with van der Waals surface area (Å²) in [6.07, 6.45) is 0.0133. The molecule has 0 radical (unpaired) electrons. The Balaban J connectivity index is 1.40. The summed E-state index contributed by atoms with van der Waals surface area (Å²) in [5.41, 5.74) is 2.22. The molecule has 3 N–H and O–H groups in total. The monoisotopic (exact) mass is 410 g/mol. The highest BCUT2D eigenvalue weighted by Gasteiger charge is 2.22. The van der Waals surface area contributed by atoms with Gasteiger partial charge in [0.2, 0.25) is 5.91 Å². The van der Waals surface area contributed by atoms with Crippen LogP contribution in [-0.2, 0) is 19.1 Å². The summed E-state index contributed by atoms with van der Waals surface area (Å²) in [5, 5.41) is 7.83. The van der Waals surface area contributed by atoms with E-state index >= 15 is 0 Å². The van der Waals surface area contributed by atoms with E-state index in [2.05, 4.69) is 20.9 Å². The third-order valence-corrected chi connectivity index (χ3v) is 4.70. The number of carbonyl (C=O) groups excluding carboxylic acids is 3. The fraction of sp³-hybridized carbons (Fsp3) is 0.318. The van der Waals surface area contributed by atoms with Crippen LogP contribution >= 0.6 is 0 Å². The van der Waals surface area contributed by atoms with Gasteiger partial charge in [-0.05, 0) is 29.8 Å². The van der Waals surface area contributed by atoms with Gasteiger partial charge < -0.3 is 20.7 Å². The molecule has 8 nitrogen and oxygen atoms in total. The molecule has 1 fully saturated rings. The van der Waals surface area contributed by atoms with E-state index in [1.54, 1.807) is 24.3 Å². The molecule has 2 aromatic rings. The van der Waals surface area contributed by atoms with Gasteiger partial charge in [-0.3, -0.25) is 19.3 Å². The van der Waals surface area contributed by atoms with Gasteiger partial charge in [-0.25, -0.2) is 0 Å². The average Bonchev–Trinajstić information content (AvgIpc) is 2.75. The zero-order chi connectivity index (χ0) is 21.3. The van der Waals surface area contributed by atoms with Gasteiger partial charge in [-0.1, -0.05) is 30.3 Å². The van der Waals surface area contributed by atoms with Crippen LogP contribution in [0.3, 0.4) is 0 Å². The third kappa shape index (κ3) is 6.40. The number of amides is 3. The molecule has 2 aromatic carbocycles. The van der Waals surface area contributed by atoms with Crippen LogP contribution in [0, 0.1) is 0 Å². The number of hydrogen-bond donors (Lipinski definition) is 3. The van der Waals surface area contributed by atoms with Gasteiger partial charge in [-0.15, -0.1) is 0 Å². The maximum atomic E-state index is 12.1. The predicted molar refractivity (Wildman–Crippen MR) is 114 cm³/mol. The van der Waals surface area contributed by atoms with Crippen LogP contribution in [0.2, 0.25) is 0 Å². The van der Waals surface area contributed by atoms with Gasteiger partial charge in [0.25, 0.3) is 0 Å². The Bertz CT molecular complexity index is 870. The zero-order valence-corrected chi connectivity index (χ0v) is 16.9. The molecule has 0 saturated carbocycles. The van der Waals surface area contributed by atoms with Gasteiger partial charge in [0.05, 0.1) is 12.7 Å². The number of anilines is 2. The smallest absolute Gasteiger partial charge is 0.313 e. The van der Waals surface area contributed by atoms with Crippen molar-refractivity contribution in [3.8, 4) is 0 Å². The fourth-order valence-electron chi connectivity index (χ4n) is 3.21. The summed E-state index contributed by atoms with van der Waals surface area (Å²) in [7, 11) is 0. The number of rotatable bonds is 6. The van der Waals surface area contributed by atoms with Gasteiger partial charge in [0.15, 0.2) is 0 Å². The Labute approximate surface area is 175 Å². The Kier molecular flexibility index (Phi) is 7.53. The minimum atomic E-state index is -0.730. The van der Waals surface area contributed by atoms with E-state index in [1.807, 2.05) is 30.3 Å². The molecular weight excluding hydrogens is 384 g/mol. The third-order valence-electron chi connectivity index (χ3n) is 4.70. The van der Waals surface area contributed by atoms with Crippen molar-refractivity contribution in [1.82, 2.24) is 10.2 Å². The van der Waals surface area contributed by atoms with Crippen molar-refractivity contribution in [1.29, 1.82) is 0 Å². The molecule has 0 aromatic heterocycles. The number of benzene rings is 2. The van der Waals surface area contributed by atoms with Gasteiger partial charge in [-0.2, -0.15) is 0 Å². The van der Waals surface area contributed by atoms with E-state index < -0.39 is 11.8 Å². The molecule has 0 bridgehead atoms.